The minimum atomic E-state index is -0.921. The zero-order valence-electron chi connectivity index (χ0n) is 21.2. The monoisotopic (exact) mass is 490 g/mol. The fourth-order valence-corrected chi connectivity index (χ4v) is 4.94. The van der Waals surface area contributed by atoms with E-state index >= 15 is 0 Å². The highest BCUT2D eigenvalue weighted by molar-refractivity contribution is 6.05. The first-order valence-corrected chi connectivity index (χ1v) is 12.7. The highest BCUT2D eigenvalue weighted by Crippen LogP contribution is 2.33. The zero-order valence-corrected chi connectivity index (χ0v) is 21.2. The van der Waals surface area contributed by atoms with E-state index in [1.54, 1.807) is 11.0 Å². The summed E-state index contributed by atoms with van der Waals surface area (Å²) in [6.07, 6.45) is 7.30. The summed E-state index contributed by atoms with van der Waals surface area (Å²) < 4.78 is 7.68. The van der Waals surface area contributed by atoms with Crippen molar-refractivity contribution in [3.63, 3.8) is 0 Å². The van der Waals surface area contributed by atoms with Crippen LogP contribution in [0.3, 0.4) is 0 Å². The Labute approximate surface area is 211 Å². The van der Waals surface area contributed by atoms with E-state index in [2.05, 4.69) is 20.5 Å². The van der Waals surface area contributed by atoms with E-state index in [0.29, 0.717) is 37.7 Å². The number of benzene rings is 1. The molecule has 1 N–H and O–H groups in total. The Kier molecular flexibility index (Phi) is 6.36. The number of aromatic nitrogens is 2. The van der Waals surface area contributed by atoms with E-state index in [-0.39, 0.29) is 6.09 Å². The summed E-state index contributed by atoms with van der Waals surface area (Å²) in [5.41, 5.74) is 2.50. The summed E-state index contributed by atoms with van der Waals surface area (Å²) in [7, 11) is 0. The Morgan fingerprint density at radius 1 is 1.06 bits per heavy atom. The molecule has 8 nitrogen and oxygen atoms in total. The Morgan fingerprint density at radius 2 is 1.81 bits per heavy atom. The largest absolute Gasteiger partial charge is 0.478 e. The SMILES string of the molecule is CC(C)(C)OC(=O)N1CCN(c2ccc(-c3cc(C(=O)O)c4ccn(CC5CCC5)c4c3)cn2)CC1. The molecule has 3 heterocycles. The topological polar surface area (TPSA) is 87.9 Å². The van der Waals surface area contributed by atoms with Crippen molar-refractivity contribution in [3.8, 4) is 11.1 Å². The predicted molar refractivity (Wildman–Crippen MR) is 139 cm³/mol. The normalized spacial score (nSPS) is 16.8. The lowest BCUT2D eigenvalue weighted by Crippen LogP contribution is -2.50. The van der Waals surface area contributed by atoms with Gasteiger partial charge in [0, 0.05) is 61.6 Å². The van der Waals surface area contributed by atoms with Gasteiger partial charge in [-0.05, 0) is 75.4 Å². The number of rotatable bonds is 5. The minimum Gasteiger partial charge on any atom is -0.478 e. The van der Waals surface area contributed by atoms with Gasteiger partial charge in [0.25, 0.3) is 0 Å². The second-order valence-corrected chi connectivity index (χ2v) is 10.9. The summed E-state index contributed by atoms with van der Waals surface area (Å²) in [6.45, 7) is 9.05. The molecule has 1 aromatic carbocycles. The minimum absolute atomic E-state index is 0.280. The Hall–Kier alpha value is -3.55. The zero-order chi connectivity index (χ0) is 25.4. The van der Waals surface area contributed by atoms with Crippen molar-refractivity contribution >= 4 is 28.8 Å². The van der Waals surface area contributed by atoms with Gasteiger partial charge in [0.1, 0.15) is 11.4 Å². The molecule has 1 saturated heterocycles. The van der Waals surface area contributed by atoms with E-state index in [1.165, 1.54) is 19.3 Å². The molecule has 1 saturated carbocycles. The molecule has 0 unspecified atom stereocenters. The Bertz CT molecular complexity index is 1260. The molecule has 8 heteroatoms. The molecule has 0 spiro atoms. The molecule has 1 amide bonds. The van der Waals surface area contributed by atoms with Crippen molar-refractivity contribution in [3.05, 3.63) is 48.3 Å². The molecule has 0 atom stereocenters. The lowest BCUT2D eigenvalue weighted by atomic mass is 9.85. The number of hydrogen-bond acceptors (Lipinski definition) is 5. The molecule has 0 radical (unpaired) electrons. The van der Waals surface area contributed by atoms with Crippen molar-refractivity contribution in [2.45, 2.75) is 52.2 Å². The number of hydrogen-bond donors (Lipinski definition) is 1. The van der Waals surface area contributed by atoms with Gasteiger partial charge < -0.3 is 24.2 Å². The van der Waals surface area contributed by atoms with Crippen LogP contribution in [0.1, 0.15) is 50.4 Å². The van der Waals surface area contributed by atoms with Gasteiger partial charge >= 0.3 is 12.1 Å². The lowest BCUT2D eigenvalue weighted by molar-refractivity contribution is 0.0240. The molecular formula is C28H34N4O4. The van der Waals surface area contributed by atoms with Gasteiger partial charge in [0.05, 0.1) is 5.56 Å². The number of carboxylic acids is 1. The highest BCUT2D eigenvalue weighted by Gasteiger charge is 2.26. The van der Waals surface area contributed by atoms with Crippen LogP contribution in [0.5, 0.6) is 0 Å². The van der Waals surface area contributed by atoms with Gasteiger partial charge in [0.2, 0.25) is 0 Å². The van der Waals surface area contributed by atoms with E-state index in [1.807, 2.05) is 51.4 Å². The number of nitrogens with zero attached hydrogens (tertiary/aromatic N) is 4. The van der Waals surface area contributed by atoms with Crippen molar-refractivity contribution < 1.29 is 19.4 Å². The Balaban J connectivity index is 1.33. The molecule has 2 fully saturated rings. The summed E-state index contributed by atoms with van der Waals surface area (Å²) in [5.74, 6) is 0.598. The van der Waals surface area contributed by atoms with Crippen LogP contribution in [0.2, 0.25) is 0 Å². The molecule has 2 aliphatic rings. The second-order valence-electron chi connectivity index (χ2n) is 10.9. The number of pyridine rings is 1. The average Bonchev–Trinajstić information content (AvgIpc) is 3.22. The summed E-state index contributed by atoms with van der Waals surface area (Å²) >= 11 is 0. The van der Waals surface area contributed by atoms with Crippen LogP contribution >= 0.6 is 0 Å². The first kappa shape index (κ1) is 24.2. The molecule has 1 aliphatic carbocycles. The van der Waals surface area contributed by atoms with Gasteiger partial charge in [-0.25, -0.2) is 14.6 Å². The lowest BCUT2D eigenvalue weighted by Gasteiger charge is -2.36. The number of ether oxygens (including phenoxy) is 1. The maximum absolute atomic E-state index is 12.3. The Morgan fingerprint density at radius 3 is 2.39 bits per heavy atom. The molecule has 36 heavy (non-hydrogen) atoms. The van der Waals surface area contributed by atoms with E-state index in [9.17, 15) is 14.7 Å². The van der Waals surface area contributed by atoms with Crippen LogP contribution in [-0.2, 0) is 11.3 Å². The summed E-state index contributed by atoms with van der Waals surface area (Å²) in [4.78, 5) is 32.9. The molecular weight excluding hydrogens is 456 g/mol. The van der Waals surface area contributed by atoms with Gasteiger partial charge in [-0.3, -0.25) is 0 Å². The standard InChI is InChI=1S/C28H34N4O4/c1-28(2,3)36-27(35)31-13-11-30(12-14-31)25-8-7-20(17-29-25)21-15-23(26(33)34)22-9-10-32(24(22)16-21)18-19-5-4-6-19/h7-10,15-17,19H,4-6,11-14,18H2,1-3H3,(H,33,34). The first-order valence-electron chi connectivity index (χ1n) is 12.7. The first-order chi connectivity index (χ1) is 17.2. The smallest absolute Gasteiger partial charge is 0.410 e. The number of carbonyl (C=O) groups excluding carboxylic acids is 1. The number of piperazine rings is 1. The van der Waals surface area contributed by atoms with Crippen LogP contribution in [0.4, 0.5) is 10.6 Å². The van der Waals surface area contributed by atoms with Crippen molar-refractivity contribution in [1.29, 1.82) is 0 Å². The average molecular weight is 491 g/mol. The predicted octanol–water partition coefficient (Wildman–Crippen LogP) is 5.26. The molecule has 0 bridgehead atoms. The van der Waals surface area contributed by atoms with Crippen molar-refractivity contribution in [2.24, 2.45) is 5.92 Å². The van der Waals surface area contributed by atoms with Crippen molar-refractivity contribution in [2.75, 3.05) is 31.1 Å². The van der Waals surface area contributed by atoms with Crippen molar-refractivity contribution in [1.82, 2.24) is 14.5 Å². The maximum atomic E-state index is 12.3. The van der Waals surface area contributed by atoms with Gasteiger partial charge in [0.15, 0.2) is 0 Å². The summed E-state index contributed by atoms with van der Waals surface area (Å²) in [5, 5.41) is 10.6. The fourth-order valence-electron chi connectivity index (χ4n) is 4.94. The highest BCUT2D eigenvalue weighted by atomic mass is 16.6. The van der Waals surface area contributed by atoms with Crippen LogP contribution in [-0.4, -0.2) is 63.4 Å². The molecule has 5 rings (SSSR count). The number of aromatic carboxylic acids is 1. The molecule has 190 valence electrons. The van der Waals surface area contributed by atoms with Gasteiger partial charge in [-0.15, -0.1) is 0 Å². The number of amides is 1. The van der Waals surface area contributed by atoms with Crippen LogP contribution in [0, 0.1) is 5.92 Å². The van der Waals surface area contributed by atoms with E-state index in [4.69, 9.17) is 4.74 Å². The quantitative estimate of drug-likeness (QED) is 0.525. The third-order valence-electron chi connectivity index (χ3n) is 7.14. The van der Waals surface area contributed by atoms with Crippen LogP contribution < -0.4 is 4.90 Å². The van der Waals surface area contributed by atoms with Crippen LogP contribution in [0.25, 0.3) is 22.0 Å². The maximum Gasteiger partial charge on any atom is 0.410 e. The fraction of sp³-hybridized carbons (Fsp3) is 0.464. The molecule has 2 aromatic heterocycles. The van der Waals surface area contributed by atoms with E-state index < -0.39 is 11.6 Å². The number of carboxylic acid groups (broad SMARTS) is 1. The second kappa shape index (κ2) is 9.48. The van der Waals surface area contributed by atoms with Gasteiger partial charge in [-0.1, -0.05) is 6.42 Å². The van der Waals surface area contributed by atoms with E-state index in [0.717, 1.165) is 34.4 Å². The van der Waals surface area contributed by atoms with Crippen LogP contribution in [0.15, 0.2) is 42.7 Å². The summed E-state index contributed by atoms with van der Waals surface area (Å²) in [6, 6.07) is 9.70. The van der Waals surface area contributed by atoms with Gasteiger partial charge in [-0.2, -0.15) is 0 Å². The third-order valence-corrected chi connectivity index (χ3v) is 7.14. The number of fused-ring (bicyclic) bond motifs is 1. The molecule has 3 aromatic rings. The third kappa shape index (κ3) is 5.03. The molecule has 1 aliphatic heterocycles. The number of carbonyl (C=O) groups is 2. The number of anilines is 1.